The molecule has 0 bridgehead atoms. The first-order valence-electron chi connectivity index (χ1n) is 11.4. The summed E-state index contributed by atoms with van der Waals surface area (Å²) in [6.07, 6.45) is 0.169. The maximum absolute atomic E-state index is 13.1. The summed E-state index contributed by atoms with van der Waals surface area (Å²) in [5.41, 5.74) is 4.61. The number of halogens is 3. The summed E-state index contributed by atoms with van der Waals surface area (Å²) in [6.45, 7) is 1.88. The van der Waals surface area contributed by atoms with Gasteiger partial charge in [0.15, 0.2) is 0 Å². The zero-order valence-corrected chi connectivity index (χ0v) is 19.3. The van der Waals surface area contributed by atoms with Crippen molar-refractivity contribution in [3.63, 3.8) is 0 Å². The Hall–Kier alpha value is -3.93. The van der Waals surface area contributed by atoms with Crippen LogP contribution in [0.2, 0.25) is 0 Å². The second-order valence-electron chi connectivity index (χ2n) is 8.45. The van der Waals surface area contributed by atoms with Crippen LogP contribution >= 0.6 is 0 Å². The molecule has 1 aromatic heterocycles. The summed E-state index contributed by atoms with van der Waals surface area (Å²) in [5.74, 6) is -0.317. The standard InChI is InChI=1S/C29H25F3N2O/c1-20-8-17-26(27(19-20)22-11-13-23(14-12-22)29(30,31)32)28(35)34-25-15-9-21(10-16-25)5-4-7-24-6-2-3-18-33-24/h2-3,6,8-19H,4-5,7H2,1H3,(H,34,35). The maximum atomic E-state index is 13.1. The van der Waals surface area contributed by atoms with Gasteiger partial charge in [0.2, 0.25) is 0 Å². The predicted octanol–water partition coefficient (Wildman–Crippen LogP) is 7.50. The number of nitrogens with zero attached hydrogens (tertiary/aromatic N) is 1. The van der Waals surface area contributed by atoms with Gasteiger partial charge in [-0.15, -0.1) is 0 Å². The predicted molar refractivity (Wildman–Crippen MR) is 132 cm³/mol. The van der Waals surface area contributed by atoms with Crippen molar-refractivity contribution in [2.45, 2.75) is 32.4 Å². The fourth-order valence-electron chi connectivity index (χ4n) is 3.91. The Kier molecular flexibility index (Phi) is 7.30. The molecule has 0 spiro atoms. The molecule has 178 valence electrons. The van der Waals surface area contributed by atoms with Crippen LogP contribution in [0.5, 0.6) is 0 Å². The maximum Gasteiger partial charge on any atom is 0.416 e. The smallest absolute Gasteiger partial charge is 0.322 e. The Labute approximate surface area is 202 Å². The highest BCUT2D eigenvalue weighted by Gasteiger charge is 2.30. The van der Waals surface area contributed by atoms with E-state index in [1.165, 1.54) is 17.7 Å². The third kappa shape index (κ3) is 6.35. The van der Waals surface area contributed by atoms with Crippen molar-refractivity contribution in [3.05, 3.63) is 119 Å². The SMILES string of the molecule is Cc1ccc(C(=O)Nc2ccc(CCCc3ccccn3)cc2)c(-c2ccc(C(F)(F)F)cc2)c1. The van der Waals surface area contributed by atoms with Crippen LogP contribution in [0.4, 0.5) is 18.9 Å². The summed E-state index contributed by atoms with van der Waals surface area (Å²) in [6, 6.07) is 23.8. The van der Waals surface area contributed by atoms with Gasteiger partial charge in [-0.1, -0.05) is 48.0 Å². The lowest BCUT2D eigenvalue weighted by Crippen LogP contribution is -2.13. The number of nitrogens with one attached hydrogen (secondary N) is 1. The molecule has 0 aliphatic heterocycles. The number of rotatable bonds is 7. The van der Waals surface area contributed by atoms with E-state index in [0.29, 0.717) is 22.4 Å². The second-order valence-corrected chi connectivity index (χ2v) is 8.45. The van der Waals surface area contributed by atoms with Crippen LogP contribution in [0.15, 0.2) is 91.1 Å². The highest BCUT2D eigenvalue weighted by Crippen LogP contribution is 2.32. The number of hydrogen-bond acceptors (Lipinski definition) is 2. The van der Waals surface area contributed by atoms with Gasteiger partial charge in [0, 0.05) is 23.1 Å². The Morgan fingerprint density at radius 1 is 0.886 bits per heavy atom. The molecule has 0 aliphatic rings. The molecule has 3 aromatic carbocycles. The number of benzene rings is 3. The highest BCUT2D eigenvalue weighted by molar-refractivity contribution is 6.08. The quantitative estimate of drug-likeness (QED) is 0.301. The first-order valence-corrected chi connectivity index (χ1v) is 11.4. The Bertz CT molecular complexity index is 1280. The number of carbonyl (C=O) groups is 1. The average molecular weight is 475 g/mol. The number of alkyl halides is 3. The van der Waals surface area contributed by atoms with E-state index in [2.05, 4.69) is 10.3 Å². The average Bonchev–Trinajstić information content (AvgIpc) is 2.85. The fourth-order valence-corrected chi connectivity index (χ4v) is 3.91. The zero-order chi connectivity index (χ0) is 24.8. The molecular formula is C29H25F3N2O. The summed E-state index contributed by atoms with van der Waals surface area (Å²) in [4.78, 5) is 17.4. The third-order valence-corrected chi connectivity index (χ3v) is 5.78. The first kappa shape index (κ1) is 24.2. The van der Waals surface area contributed by atoms with Crippen molar-refractivity contribution in [2.24, 2.45) is 0 Å². The minimum Gasteiger partial charge on any atom is -0.322 e. The molecule has 3 nitrogen and oxygen atoms in total. The van der Waals surface area contributed by atoms with E-state index < -0.39 is 11.7 Å². The number of hydrogen-bond donors (Lipinski definition) is 1. The van der Waals surface area contributed by atoms with Crippen LogP contribution in [-0.2, 0) is 19.0 Å². The van der Waals surface area contributed by atoms with E-state index in [4.69, 9.17) is 0 Å². The van der Waals surface area contributed by atoms with E-state index in [-0.39, 0.29) is 5.91 Å². The molecule has 1 N–H and O–H groups in total. The molecule has 1 heterocycles. The molecule has 0 atom stereocenters. The van der Waals surface area contributed by atoms with Gasteiger partial charge in [0.25, 0.3) is 5.91 Å². The largest absolute Gasteiger partial charge is 0.416 e. The Morgan fingerprint density at radius 3 is 2.29 bits per heavy atom. The molecule has 0 radical (unpaired) electrons. The lowest BCUT2D eigenvalue weighted by molar-refractivity contribution is -0.137. The van der Waals surface area contributed by atoms with E-state index in [1.54, 1.807) is 12.3 Å². The number of pyridine rings is 1. The Morgan fingerprint density at radius 2 is 1.63 bits per heavy atom. The fraction of sp³-hybridized carbons (Fsp3) is 0.172. The monoisotopic (exact) mass is 474 g/mol. The molecule has 0 fully saturated rings. The van der Waals surface area contributed by atoms with Gasteiger partial charge in [0.05, 0.1) is 5.56 Å². The summed E-state index contributed by atoms with van der Waals surface area (Å²) >= 11 is 0. The molecule has 6 heteroatoms. The van der Waals surface area contributed by atoms with Gasteiger partial charge in [-0.25, -0.2) is 0 Å². The second kappa shape index (κ2) is 10.6. The zero-order valence-electron chi connectivity index (χ0n) is 19.3. The molecule has 0 aliphatic carbocycles. The van der Waals surface area contributed by atoms with Crippen molar-refractivity contribution in [1.29, 1.82) is 0 Å². The van der Waals surface area contributed by atoms with Crippen molar-refractivity contribution in [2.75, 3.05) is 5.32 Å². The van der Waals surface area contributed by atoms with Gasteiger partial charge in [0.1, 0.15) is 0 Å². The molecule has 0 saturated heterocycles. The molecule has 0 unspecified atom stereocenters. The number of amides is 1. The lowest BCUT2D eigenvalue weighted by Gasteiger charge is -2.13. The molecule has 0 saturated carbocycles. The van der Waals surface area contributed by atoms with Crippen LogP contribution in [0, 0.1) is 6.92 Å². The number of carbonyl (C=O) groups excluding carboxylic acids is 1. The van der Waals surface area contributed by atoms with Crippen LogP contribution < -0.4 is 5.32 Å². The van der Waals surface area contributed by atoms with Gasteiger partial charge in [-0.2, -0.15) is 13.2 Å². The van der Waals surface area contributed by atoms with E-state index in [9.17, 15) is 18.0 Å². The lowest BCUT2D eigenvalue weighted by atomic mass is 9.96. The van der Waals surface area contributed by atoms with Crippen molar-refractivity contribution >= 4 is 11.6 Å². The number of anilines is 1. The van der Waals surface area contributed by atoms with Crippen LogP contribution in [0.25, 0.3) is 11.1 Å². The summed E-state index contributed by atoms with van der Waals surface area (Å²) < 4.78 is 38.8. The van der Waals surface area contributed by atoms with E-state index in [0.717, 1.165) is 42.7 Å². The van der Waals surface area contributed by atoms with Crippen LogP contribution in [0.1, 0.15) is 39.2 Å². The minimum atomic E-state index is -4.41. The highest BCUT2D eigenvalue weighted by atomic mass is 19.4. The van der Waals surface area contributed by atoms with E-state index >= 15 is 0 Å². The topological polar surface area (TPSA) is 42.0 Å². The van der Waals surface area contributed by atoms with Gasteiger partial charge in [-0.05, 0) is 85.3 Å². The van der Waals surface area contributed by atoms with E-state index in [1.807, 2.05) is 61.5 Å². The number of aromatic nitrogens is 1. The first-order chi connectivity index (χ1) is 16.8. The molecule has 4 rings (SSSR count). The Balaban J connectivity index is 1.44. The van der Waals surface area contributed by atoms with Crippen molar-refractivity contribution in [3.8, 4) is 11.1 Å². The molecule has 35 heavy (non-hydrogen) atoms. The summed E-state index contributed by atoms with van der Waals surface area (Å²) in [7, 11) is 0. The minimum absolute atomic E-state index is 0.317. The number of aryl methyl sites for hydroxylation is 3. The van der Waals surface area contributed by atoms with Gasteiger partial charge < -0.3 is 5.32 Å². The van der Waals surface area contributed by atoms with Gasteiger partial charge in [-0.3, -0.25) is 9.78 Å². The third-order valence-electron chi connectivity index (χ3n) is 5.78. The molecule has 1 amide bonds. The molecular weight excluding hydrogens is 449 g/mol. The van der Waals surface area contributed by atoms with Crippen LogP contribution in [0.3, 0.4) is 0 Å². The van der Waals surface area contributed by atoms with Crippen molar-refractivity contribution < 1.29 is 18.0 Å². The van der Waals surface area contributed by atoms with Crippen molar-refractivity contribution in [1.82, 2.24) is 4.98 Å². The van der Waals surface area contributed by atoms with Crippen LogP contribution in [-0.4, -0.2) is 10.9 Å². The van der Waals surface area contributed by atoms with Gasteiger partial charge >= 0.3 is 6.18 Å². The molecule has 4 aromatic rings. The summed E-state index contributed by atoms with van der Waals surface area (Å²) in [5, 5.41) is 2.90. The normalized spacial score (nSPS) is 11.3.